The van der Waals surface area contributed by atoms with E-state index in [1.807, 2.05) is 31.2 Å². The number of hydroxylamine groups is 1. The van der Waals surface area contributed by atoms with Crippen molar-refractivity contribution in [1.29, 1.82) is 0 Å². The number of fused-ring (bicyclic) bond motifs is 1. The van der Waals surface area contributed by atoms with E-state index in [2.05, 4.69) is 5.48 Å². The van der Waals surface area contributed by atoms with Crippen molar-refractivity contribution in [2.24, 2.45) is 0 Å². The first-order chi connectivity index (χ1) is 13.6. The summed E-state index contributed by atoms with van der Waals surface area (Å²) >= 11 is 0. The maximum absolute atomic E-state index is 12.7. The number of esters is 1. The van der Waals surface area contributed by atoms with Crippen LogP contribution in [0.15, 0.2) is 24.3 Å². The number of benzene rings is 1. The summed E-state index contributed by atoms with van der Waals surface area (Å²) in [6, 6.07) is 7.32. The van der Waals surface area contributed by atoms with Crippen LogP contribution in [0.1, 0.15) is 56.6 Å². The molecule has 1 aromatic rings. The van der Waals surface area contributed by atoms with Gasteiger partial charge in [-0.1, -0.05) is 37.1 Å². The van der Waals surface area contributed by atoms with Crippen molar-refractivity contribution in [2.75, 3.05) is 13.7 Å². The summed E-state index contributed by atoms with van der Waals surface area (Å²) in [7, 11) is 1.35. The highest BCUT2D eigenvalue weighted by atomic mass is 16.6. The molecular formula is C21H30N2O5. The molecular weight excluding hydrogens is 360 g/mol. The molecule has 1 heterocycles. The fraction of sp³-hybridized carbons (Fsp3) is 0.571. The molecule has 0 aromatic heterocycles. The number of hydrogen-bond acceptors (Lipinski definition) is 5. The van der Waals surface area contributed by atoms with Gasteiger partial charge in [0.05, 0.1) is 13.7 Å². The fourth-order valence-electron chi connectivity index (χ4n) is 3.39. The molecule has 1 aromatic carbocycles. The van der Waals surface area contributed by atoms with E-state index in [1.165, 1.54) is 7.11 Å². The van der Waals surface area contributed by atoms with Gasteiger partial charge in [0, 0.05) is 25.8 Å². The van der Waals surface area contributed by atoms with E-state index in [9.17, 15) is 14.4 Å². The highest BCUT2D eigenvalue weighted by Gasteiger charge is 2.34. The minimum atomic E-state index is -0.560. The van der Waals surface area contributed by atoms with Crippen molar-refractivity contribution in [3.63, 3.8) is 0 Å². The third kappa shape index (κ3) is 6.34. The largest absolute Gasteiger partial charge is 0.467 e. The molecule has 154 valence electrons. The third-order valence-electron chi connectivity index (χ3n) is 4.92. The fourth-order valence-corrected chi connectivity index (χ4v) is 3.39. The lowest BCUT2D eigenvalue weighted by molar-refractivity contribution is -0.154. The molecule has 0 saturated heterocycles. The smallest absolute Gasteiger partial charge is 0.328 e. The van der Waals surface area contributed by atoms with Gasteiger partial charge in [0.2, 0.25) is 11.8 Å². The zero-order valence-corrected chi connectivity index (χ0v) is 16.7. The third-order valence-corrected chi connectivity index (χ3v) is 4.92. The molecule has 0 unspecified atom stereocenters. The monoisotopic (exact) mass is 390 g/mol. The number of hydrogen-bond donors (Lipinski definition) is 1. The highest BCUT2D eigenvalue weighted by molar-refractivity contribution is 5.85. The molecule has 0 spiro atoms. The highest BCUT2D eigenvalue weighted by Crippen LogP contribution is 2.25. The summed E-state index contributed by atoms with van der Waals surface area (Å²) in [6.07, 6.45) is 4.52. The van der Waals surface area contributed by atoms with Crippen molar-refractivity contribution < 1.29 is 24.0 Å². The van der Waals surface area contributed by atoms with Crippen molar-refractivity contribution >= 4 is 17.8 Å². The van der Waals surface area contributed by atoms with E-state index in [1.54, 1.807) is 4.90 Å². The van der Waals surface area contributed by atoms with Crippen LogP contribution in [0.2, 0.25) is 0 Å². The molecule has 2 rings (SSSR count). The van der Waals surface area contributed by atoms with Crippen molar-refractivity contribution in [2.45, 2.75) is 64.5 Å². The number of unbranched alkanes of at least 4 members (excludes halogenated alkanes) is 3. The summed E-state index contributed by atoms with van der Waals surface area (Å²) in [5, 5.41) is 0. The standard InChI is InChI=1S/C21H30N2O5/c1-3-28-22-19(24)12-6-4-5-7-13-20(25)23-15-17-11-9-8-10-16(17)14-18(23)21(26)27-2/h8-11,18H,3-7,12-15H2,1-2H3,(H,22,24)/t18-/m0/s1. The number of ether oxygens (including phenoxy) is 1. The predicted octanol–water partition coefficient (Wildman–Crippen LogP) is 2.52. The normalized spacial score (nSPS) is 15.6. The van der Waals surface area contributed by atoms with E-state index in [4.69, 9.17) is 9.57 Å². The van der Waals surface area contributed by atoms with Crippen LogP contribution in [0.25, 0.3) is 0 Å². The zero-order chi connectivity index (χ0) is 20.4. The lowest BCUT2D eigenvalue weighted by Gasteiger charge is -2.35. The number of methoxy groups -OCH3 is 1. The summed E-state index contributed by atoms with van der Waals surface area (Å²) in [6.45, 7) is 2.69. The molecule has 1 aliphatic rings. The van der Waals surface area contributed by atoms with Gasteiger partial charge in [-0.3, -0.25) is 14.4 Å². The second-order valence-corrected chi connectivity index (χ2v) is 6.91. The van der Waals surface area contributed by atoms with Crippen LogP contribution in [-0.2, 0) is 36.9 Å². The van der Waals surface area contributed by atoms with E-state index < -0.39 is 6.04 Å². The van der Waals surface area contributed by atoms with Gasteiger partial charge in [0.1, 0.15) is 6.04 Å². The predicted molar refractivity (Wildman–Crippen MR) is 104 cm³/mol. The number of carbonyl (C=O) groups excluding carboxylic acids is 3. The van der Waals surface area contributed by atoms with Crippen LogP contribution in [0.4, 0.5) is 0 Å². The quantitative estimate of drug-likeness (QED) is 0.377. The Hall–Kier alpha value is -2.41. The topological polar surface area (TPSA) is 84.9 Å². The molecule has 7 nitrogen and oxygen atoms in total. The van der Waals surface area contributed by atoms with Crippen LogP contribution < -0.4 is 5.48 Å². The van der Waals surface area contributed by atoms with Crippen molar-refractivity contribution in [3.05, 3.63) is 35.4 Å². The van der Waals surface area contributed by atoms with Crippen LogP contribution in [0.3, 0.4) is 0 Å². The first kappa shape index (κ1) is 21.9. The lowest BCUT2D eigenvalue weighted by atomic mass is 9.93. The lowest BCUT2D eigenvalue weighted by Crippen LogP contribution is -2.49. The minimum absolute atomic E-state index is 0.0287. The summed E-state index contributed by atoms with van der Waals surface area (Å²) in [5.41, 5.74) is 4.54. The zero-order valence-electron chi connectivity index (χ0n) is 16.7. The molecule has 0 fully saturated rings. The second-order valence-electron chi connectivity index (χ2n) is 6.91. The Kier molecular flexibility index (Phi) is 8.94. The number of amides is 2. The molecule has 28 heavy (non-hydrogen) atoms. The number of carbonyl (C=O) groups is 3. The number of nitrogens with one attached hydrogen (secondary N) is 1. The summed E-state index contributed by atoms with van der Waals surface area (Å²) in [5.74, 6) is -0.520. The Morgan fingerprint density at radius 1 is 1.07 bits per heavy atom. The van der Waals surface area contributed by atoms with Crippen LogP contribution in [-0.4, -0.2) is 42.4 Å². The second kappa shape index (κ2) is 11.4. The Morgan fingerprint density at radius 2 is 1.75 bits per heavy atom. The van der Waals surface area contributed by atoms with Gasteiger partial charge in [0.15, 0.2) is 0 Å². The molecule has 7 heteroatoms. The maximum atomic E-state index is 12.7. The molecule has 0 aliphatic carbocycles. The van der Waals surface area contributed by atoms with Gasteiger partial charge >= 0.3 is 5.97 Å². The average Bonchev–Trinajstić information content (AvgIpc) is 2.72. The molecule has 0 radical (unpaired) electrons. The molecule has 0 bridgehead atoms. The van der Waals surface area contributed by atoms with Gasteiger partial charge in [-0.2, -0.15) is 0 Å². The maximum Gasteiger partial charge on any atom is 0.328 e. The minimum Gasteiger partial charge on any atom is -0.467 e. The van der Waals surface area contributed by atoms with Crippen LogP contribution >= 0.6 is 0 Å². The molecule has 1 atom stereocenters. The van der Waals surface area contributed by atoms with E-state index in [0.29, 0.717) is 32.4 Å². The molecule has 0 saturated carbocycles. The Labute approximate surface area is 166 Å². The van der Waals surface area contributed by atoms with Gasteiger partial charge < -0.3 is 9.64 Å². The van der Waals surface area contributed by atoms with Crippen LogP contribution in [0, 0.1) is 0 Å². The molecule has 1 aliphatic heterocycles. The van der Waals surface area contributed by atoms with Crippen LogP contribution in [0.5, 0.6) is 0 Å². The van der Waals surface area contributed by atoms with Crippen molar-refractivity contribution in [3.8, 4) is 0 Å². The Balaban J connectivity index is 1.78. The first-order valence-corrected chi connectivity index (χ1v) is 9.91. The summed E-state index contributed by atoms with van der Waals surface area (Å²) < 4.78 is 4.91. The van der Waals surface area contributed by atoms with E-state index in [0.717, 1.165) is 36.8 Å². The Morgan fingerprint density at radius 3 is 2.43 bits per heavy atom. The molecule has 2 amide bonds. The van der Waals surface area contributed by atoms with Gasteiger partial charge in [-0.05, 0) is 30.9 Å². The number of rotatable bonds is 10. The SMILES string of the molecule is CCONC(=O)CCCCCCC(=O)N1Cc2ccccc2C[C@H]1C(=O)OC. The van der Waals surface area contributed by atoms with Gasteiger partial charge in [0.25, 0.3) is 0 Å². The average molecular weight is 390 g/mol. The molecule has 1 N–H and O–H groups in total. The number of nitrogens with zero attached hydrogens (tertiary/aromatic N) is 1. The van der Waals surface area contributed by atoms with Gasteiger partial charge in [-0.15, -0.1) is 0 Å². The van der Waals surface area contributed by atoms with E-state index in [-0.39, 0.29) is 17.8 Å². The van der Waals surface area contributed by atoms with E-state index >= 15 is 0 Å². The van der Waals surface area contributed by atoms with Crippen molar-refractivity contribution in [1.82, 2.24) is 10.4 Å². The van der Waals surface area contributed by atoms with Gasteiger partial charge in [-0.25, -0.2) is 10.3 Å². The summed E-state index contributed by atoms with van der Waals surface area (Å²) in [4.78, 5) is 42.8. The first-order valence-electron chi connectivity index (χ1n) is 9.91. The Bertz CT molecular complexity index is 677.